The summed E-state index contributed by atoms with van der Waals surface area (Å²) in [6.45, 7) is 6.58. The largest absolute Gasteiger partial charge is 0.480 e. The summed E-state index contributed by atoms with van der Waals surface area (Å²) >= 11 is 1.43. The van der Waals surface area contributed by atoms with E-state index in [-0.39, 0.29) is 0 Å². The van der Waals surface area contributed by atoms with E-state index < -0.39 is 36.5 Å². The fourth-order valence-electron chi connectivity index (χ4n) is 3.52. The molecule has 9 heteroatoms. The number of carboxylic acids is 2. The highest BCUT2D eigenvalue weighted by Crippen LogP contribution is 2.34. The second-order valence-electron chi connectivity index (χ2n) is 7.23. The number of aliphatic carboxylic acids is 2. The number of rotatable bonds is 12. The van der Waals surface area contributed by atoms with Gasteiger partial charge in [0, 0.05) is 10.6 Å². The summed E-state index contributed by atoms with van der Waals surface area (Å²) in [7, 11) is 0. The predicted molar refractivity (Wildman–Crippen MR) is 117 cm³/mol. The van der Waals surface area contributed by atoms with Crippen molar-refractivity contribution in [1.29, 1.82) is 0 Å². The summed E-state index contributed by atoms with van der Waals surface area (Å²) in [5, 5.41) is 21.9. The lowest BCUT2D eigenvalue weighted by Crippen LogP contribution is -2.53. The third-order valence-corrected chi connectivity index (χ3v) is 6.39. The van der Waals surface area contributed by atoms with Gasteiger partial charge in [-0.05, 0) is 44.6 Å². The summed E-state index contributed by atoms with van der Waals surface area (Å²) in [6, 6.07) is 5.51. The molecule has 1 aromatic rings. The summed E-state index contributed by atoms with van der Waals surface area (Å²) in [5.41, 5.74) is 0.547. The van der Waals surface area contributed by atoms with Crippen molar-refractivity contribution in [2.45, 2.75) is 50.1 Å². The Morgan fingerprint density at radius 2 is 1.93 bits per heavy atom. The molecule has 0 saturated carbocycles. The first kappa shape index (κ1) is 24.2. The van der Waals surface area contributed by atoms with E-state index in [1.54, 1.807) is 12.1 Å². The molecular formula is C21H31N3O5S. The summed E-state index contributed by atoms with van der Waals surface area (Å²) < 4.78 is 0. The van der Waals surface area contributed by atoms with Gasteiger partial charge >= 0.3 is 11.9 Å². The third kappa shape index (κ3) is 6.72. The molecule has 1 aliphatic heterocycles. The van der Waals surface area contributed by atoms with Gasteiger partial charge in [-0.15, -0.1) is 11.8 Å². The van der Waals surface area contributed by atoms with E-state index in [0.29, 0.717) is 17.9 Å². The van der Waals surface area contributed by atoms with Crippen molar-refractivity contribution in [2.75, 3.05) is 36.8 Å². The molecule has 30 heavy (non-hydrogen) atoms. The van der Waals surface area contributed by atoms with Crippen molar-refractivity contribution in [3.63, 3.8) is 0 Å². The molecule has 0 spiro atoms. The zero-order chi connectivity index (χ0) is 22.1. The molecule has 0 aromatic heterocycles. The summed E-state index contributed by atoms with van der Waals surface area (Å²) in [6.07, 6.45) is 2.03. The molecule has 3 N–H and O–H groups in total. The Morgan fingerprint density at radius 3 is 2.57 bits per heavy atom. The number of carboxylic acid groups (broad SMARTS) is 2. The van der Waals surface area contributed by atoms with E-state index >= 15 is 0 Å². The monoisotopic (exact) mass is 437 g/mol. The number of fused-ring (bicyclic) bond motifs is 1. The quantitative estimate of drug-likeness (QED) is 0.427. The number of para-hydroxylation sites is 1. The molecule has 0 saturated heterocycles. The summed E-state index contributed by atoms with van der Waals surface area (Å²) in [5.74, 6) is -2.18. The molecule has 0 aliphatic carbocycles. The Kier molecular flexibility index (Phi) is 9.61. The van der Waals surface area contributed by atoms with Gasteiger partial charge in [-0.1, -0.05) is 32.4 Å². The molecule has 0 radical (unpaired) electrons. The molecule has 8 nitrogen and oxygen atoms in total. The number of unbranched alkanes of at least 4 members (excludes halogenated alkanes) is 1. The maximum absolute atomic E-state index is 13.1. The normalized spacial score (nSPS) is 17.5. The Hall–Kier alpha value is -2.10. The van der Waals surface area contributed by atoms with E-state index in [2.05, 4.69) is 24.1 Å². The minimum absolute atomic E-state index is 0.342. The van der Waals surface area contributed by atoms with Crippen molar-refractivity contribution in [3.8, 4) is 0 Å². The third-order valence-electron chi connectivity index (χ3n) is 5.23. The zero-order valence-corrected chi connectivity index (χ0v) is 18.4. The molecule has 1 heterocycles. The van der Waals surface area contributed by atoms with Crippen LogP contribution in [-0.4, -0.2) is 77.0 Å². The van der Waals surface area contributed by atoms with Gasteiger partial charge in [-0.2, -0.15) is 0 Å². The fraction of sp³-hybridized carbons (Fsp3) is 0.571. The minimum Gasteiger partial charge on any atom is -0.480 e. The standard InChI is InChI=1S/C21H31N3O5S/c1-3-23(4-2)12-8-7-9-15(21(28)29)22-16-14-30-18-11-6-5-10-17(18)24(20(16)27)13-19(25)26/h5-6,10-11,15-16,22H,3-4,7-9,12-14H2,1-2H3,(H,25,26)(H,28,29)/t15-,16-/m0/s1. The second-order valence-corrected chi connectivity index (χ2v) is 8.29. The second kappa shape index (κ2) is 11.9. The molecular weight excluding hydrogens is 406 g/mol. The van der Waals surface area contributed by atoms with Gasteiger partial charge < -0.3 is 15.1 Å². The van der Waals surface area contributed by atoms with E-state index in [0.717, 1.165) is 37.4 Å². The predicted octanol–water partition coefficient (Wildman–Crippen LogP) is 2.13. The summed E-state index contributed by atoms with van der Waals surface area (Å²) in [4.78, 5) is 40.5. The van der Waals surface area contributed by atoms with Gasteiger partial charge in [-0.25, -0.2) is 0 Å². The molecule has 0 bridgehead atoms. The van der Waals surface area contributed by atoms with Crippen LogP contribution in [0.15, 0.2) is 29.2 Å². The number of hydrogen-bond donors (Lipinski definition) is 3. The van der Waals surface area contributed by atoms with Gasteiger partial charge in [0.1, 0.15) is 12.6 Å². The van der Waals surface area contributed by atoms with E-state index in [4.69, 9.17) is 0 Å². The minimum atomic E-state index is -1.12. The van der Waals surface area contributed by atoms with Gasteiger partial charge in [0.25, 0.3) is 0 Å². The number of nitrogens with zero attached hydrogens (tertiary/aromatic N) is 2. The van der Waals surface area contributed by atoms with E-state index in [1.165, 1.54) is 16.7 Å². The maximum Gasteiger partial charge on any atom is 0.323 e. The van der Waals surface area contributed by atoms with Crippen LogP contribution in [0, 0.1) is 0 Å². The number of carbonyl (C=O) groups is 3. The Bertz CT molecular complexity index is 741. The zero-order valence-electron chi connectivity index (χ0n) is 17.5. The first-order valence-electron chi connectivity index (χ1n) is 10.3. The SMILES string of the molecule is CCN(CC)CCCC[C@H](N[C@H]1CSc2ccccc2N(CC(=O)O)C1=O)C(=O)O. The van der Waals surface area contributed by atoms with Crippen LogP contribution in [0.3, 0.4) is 0 Å². The molecule has 166 valence electrons. The van der Waals surface area contributed by atoms with Crippen LogP contribution >= 0.6 is 11.8 Å². The van der Waals surface area contributed by atoms with Crippen LogP contribution in [0.4, 0.5) is 5.69 Å². The maximum atomic E-state index is 13.1. The number of thioether (sulfide) groups is 1. The number of benzene rings is 1. The highest BCUT2D eigenvalue weighted by molar-refractivity contribution is 7.99. The van der Waals surface area contributed by atoms with Gasteiger partial charge in [0.2, 0.25) is 5.91 Å². The lowest BCUT2D eigenvalue weighted by molar-refractivity contribution is -0.140. The van der Waals surface area contributed by atoms with Crippen LogP contribution in [-0.2, 0) is 14.4 Å². The Morgan fingerprint density at radius 1 is 1.23 bits per heavy atom. The smallest absolute Gasteiger partial charge is 0.323 e. The van der Waals surface area contributed by atoms with Crippen LogP contribution in [0.1, 0.15) is 33.1 Å². The molecule has 0 unspecified atom stereocenters. The molecule has 0 fully saturated rings. The molecule has 2 rings (SSSR count). The van der Waals surface area contributed by atoms with Crippen molar-refractivity contribution >= 4 is 35.3 Å². The molecule has 1 aliphatic rings. The topological polar surface area (TPSA) is 110 Å². The fourth-order valence-corrected chi connectivity index (χ4v) is 4.60. The Labute approximate surface area is 181 Å². The Balaban J connectivity index is 2.06. The average molecular weight is 438 g/mol. The van der Waals surface area contributed by atoms with Gasteiger partial charge in [0.05, 0.1) is 11.7 Å². The highest BCUT2D eigenvalue weighted by Gasteiger charge is 2.34. The molecule has 1 amide bonds. The van der Waals surface area contributed by atoms with Crippen LogP contribution in [0.2, 0.25) is 0 Å². The molecule has 2 atom stereocenters. The van der Waals surface area contributed by atoms with Crippen molar-refractivity contribution in [2.24, 2.45) is 0 Å². The van der Waals surface area contributed by atoms with Crippen molar-refractivity contribution in [3.05, 3.63) is 24.3 Å². The van der Waals surface area contributed by atoms with Crippen molar-refractivity contribution < 1.29 is 24.6 Å². The lowest BCUT2D eigenvalue weighted by Gasteiger charge is -2.26. The van der Waals surface area contributed by atoms with Gasteiger partial charge in [-0.3, -0.25) is 24.6 Å². The van der Waals surface area contributed by atoms with Crippen molar-refractivity contribution in [1.82, 2.24) is 10.2 Å². The van der Waals surface area contributed by atoms with E-state index in [1.807, 2.05) is 12.1 Å². The molecule has 1 aromatic carbocycles. The number of hydrogen-bond acceptors (Lipinski definition) is 6. The number of anilines is 1. The van der Waals surface area contributed by atoms with E-state index in [9.17, 15) is 24.6 Å². The number of carbonyl (C=O) groups excluding carboxylic acids is 1. The first-order chi connectivity index (χ1) is 14.4. The number of nitrogens with one attached hydrogen (secondary N) is 1. The van der Waals surface area contributed by atoms with Crippen LogP contribution in [0.25, 0.3) is 0 Å². The average Bonchev–Trinajstić information content (AvgIpc) is 2.84. The lowest BCUT2D eigenvalue weighted by atomic mass is 10.1. The highest BCUT2D eigenvalue weighted by atomic mass is 32.2. The van der Waals surface area contributed by atoms with Crippen LogP contribution < -0.4 is 10.2 Å². The first-order valence-corrected chi connectivity index (χ1v) is 11.3. The van der Waals surface area contributed by atoms with Crippen LogP contribution in [0.5, 0.6) is 0 Å². The van der Waals surface area contributed by atoms with Gasteiger partial charge in [0.15, 0.2) is 0 Å². The number of amides is 1.